The molecule has 2 aromatic carbocycles. The van der Waals surface area contributed by atoms with Gasteiger partial charge < -0.3 is 9.47 Å². The summed E-state index contributed by atoms with van der Waals surface area (Å²) >= 11 is 6.06. The summed E-state index contributed by atoms with van der Waals surface area (Å²) in [6.07, 6.45) is 1.27. The zero-order valence-electron chi connectivity index (χ0n) is 18.2. The van der Waals surface area contributed by atoms with Crippen LogP contribution in [0.2, 0.25) is 5.02 Å². The molecule has 0 fully saturated rings. The Hall–Kier alpha value is -2.79. The number of hydrogen-bond acceptors (Lipinski definition) is 4. The summed E-state index contributed by atoms with van der Waals surface area (Å²) in [7, 11) is 3.18. The molecule has 0 N–H and O–H groups in total. The largest absolute Gasteiger partial charge is 0.497 e. The highest BCUT2D eigenvalue weighted by Gasteiger charge is 2.45. The van der Waals surface area contributed by atoms with Crippen LogP contribution in [0.15, 0.2) is 53.7 Å². The number of allylic oxidation sites excluding steroid dienone is 2. The van der Waals surface area contributed by atoms with Gasteiger partial charge in [0.05, 0.1) is 14.2 Å². The molecule has 162 valence electrons. The van der Waals surface area contributed by atoms with Crippen molar-refractivity contribution in [2.24, 2.45) is 5.41 Å². The Morgan fingerprint density at radius 3 is 2.35 bits per heavy atom. The minimum absolute atomic E-state index is 0.0468. The fourth-order valence-corrected chi connectivity index (χ4v) is 4.80. The number of Topliss-reactive ketones (excluding diaryl/α,β-unsaturated/α-hetero) is 1. The normalized spacial score (nSPS) is 20.5. The highest BCUT2D eigenvalue weighted by Crippen LogP contribution is 2.49. The lowest BCUT2D eigenvalue weighted by Gasteiger charge is -2.43. The van der Waals surface area contributed by atoms with E-state index < -0.39 is 0 Å². The SMILES string of the molecule is COc1ccc([C@@H]2CC(=O)N(c3ccc(Cl)cc3)C3=C2C(=O)CC(C)(C)C3)c(OC)c1. The molecule has 0 spiro atoms. The van der Waals surface area contributed by atoms with Gasteiger partial charge in [0.2, 0.25) is 5.91 Å². The number of carbonyl (C=O) groups is 2. The van der Waals surface area contributed by atoms with Gasteiger partial charge in [-0.3, -0.25) is 14.5 Å². The summed E-state index contributed by atoms with van der Waals surface area (Å²) in [5.41, 5.74) is 2.81. The molecule has 31 heavy (non-hydrogen) atoms. The minimum Gasteiger partial charge on any atom is -0.497 e. The predicted octanol–water partition coefficient (Wildman–Crippen LogP) is 5.52. The van der Waals surface area contributed by atoms with Crippen LogP contribution in [0.1, 0.15) is 44.6 Å². The maximum absolute atomic E-state index is 13.4. The van der Waals surface area contributed by atoms with E-state index in [1.54, 1.807) is 37.3 Å². The number of methoxy groups -OCH3 is 2. The number of ether oxygens (including phenoxy) is 2. The van der Waals surface area contributed by atoms with E-state index in [0.717, 1.165) is 16.9 Å². The summed E-state index contributed by atoms with van der Waals surface area (Å²) in [5.74, 6) is 0.961. The van der Waals surface area contributed by atoms with Crippen molar-refractivity contribution in [1.82, 2.24) is 0 Å². The number of amides is 1. The molecular formula is C25H26ClNO4. The van der Waals surface area contributed by atoms with Gasteiger partial charge in [0.25, 0.3) is 0 Å². The van der Waals surface area contributed by atoms with Crippen molar-refractivity contribution in [1.29, 1.82) is 0 Å². The molecule has 1 atom stereocenters. The minimum atomic E-state index is -0.351. The third-order valence-corrected chi connectivity index (χ3v) is 6.30. The molecule has 2 aliphatic rings. The topological polar surface area (TPSA) is 55.8 Å². The molecule has 5 nitrogen and oxygen atoms in total. The average Bonchev–Trinajstić information content (AvgIpc) is 2.72. The summed E-state index contributed by atoms with van der Waals surface area (Å²) in [6.45, 7) is 4.13. The van der Waals surface area contributed by atoms with E-state index in [2.05, 4.69) is 13.8 Å². The Morgan fingerprint density at radius 2 is 1.71 bits per heavy atom. The molecule has 4 rings (SSSR count). The highest BCUT2D eigenvalue weighted by atomic mass is 35.5. The molecule has 0 aromatic heterocycles. The van der Waals surface area contributed by atoms with Gasteiger partial charge in [-0.05, 0) is 42.2 Å². The van der Waals surface area contributed by atoms with Crippen molar-refractivity contribution >= 4 is 29.0 Å². The molecule has 1 aliphatic heterocycles. The summed E-state index contributed by atoms with van der Waals surface area (Å²) in [4.78, 5) is 28.6. The van der Waals surface area contributed by atoms with Crippen LogP contribution in [-0.4, -0.2) is 25.9 Å². The van der Waals surface area contributed by atoms with E-state index in [0.29, 0.717) is 34.9 Å². The predicted molar refractivity (Wildman–Crippen MR) is 121 cm³/mol. The maximum atomic E-state index is 13.4. The Labute approximate surface area is 187 Å². The van der Waals surface area contributed by atoms with Gasteiger partial charge in [0, 0.05) is 52.4 Å². The molecule has 2 aromatic rings. The molecule has 0 saturated carbocycles. The van der Waals surface area contributed by atoms with Crippen molar-refractivity contribution in [3.63, 3.8) is 0 Å². The Balaban J connectivity index is 1.90. The van der Waals surface area contributed by atoms with Crippen LogP contribution in [0.5, 0.6) is 11.5 Å². The molecule has 1 amide bonds. The second-order valence-electron chi connectivity index (χ2n) is 8.87. The lowest BCUT2D eigenvalue weighted by Crippen LogP contribution is -2.43. The number of hydrogen-bond donors (Lipinski definition) is 0. The number of carbonyl (C=O) groups excluding carboxylic acids is 2. The Kier molecular flexibility index (Phi) is 5.56. The van der Waals surface area contributed by atoms with Crippen LogP contribution in [0.4, 0.5) is 5.69 Å². The number of rotatable bonds is 4. The van der Waals surface area contributed by atoms with Gasteiger partial charge >= 0.3 is 0 Å². The van der Waals surface area contributed by atoms with Crippen molar-refractivity contribution in [2.45, 2.75) is 39.0 Å². The fraction of sp³-hybridized carbons (Fsp3) is 0.360. The lowest BCUT2D eigenvalue weighted by molar-refractivity contribution is -0.121. The van der Waals surface area contributed by atoms with E-state index in [9.17, 15) is 9.59 Å². The molecule has 0 bridgehead atoms. The zero-order valence-corrected chi connectivity index (χ0v) is 19.0. The number of halogens is 1. The van der Waals surface area contributed by atoms with Gasteiger partial charge in [0.15, 0.2) is 5.78 Å². The average molecular weight is 440 g/mol. The summed E-state index contributed by atoms with van der Waals surface area (Å²) in [6, 6.07) is 12.7. The monoisotopic (exact) mass is 439 g/mol. The van der Waals surface area contributed by atoms with E-state index in [-0.39, 0.29) is 29.4 Å². The Bertz CT molecular complexity index is 1070. The van der Waals surface area contributed by atoms with E-state index in [1.807, 2.05) is 24.3 Å². The van der Waals surface area contributed by atoms with Gasteiger partial charge in [-0.25, -0.2) is 0 Å². The maximum Gasteiger partial charge on any atom is 0.232 e. The number of anilines is 1. The molecule has 1 aliphatic carbocycles. The van der Waals surface area contributed by atoms with E-state index in [1.165, 1.54) is 0 Å². The quantitative estimate of drug-likeness (QED) is 0.629. The van der Waals surface area contributed by atoms with E-state index >= 15 is 0 Å². The van der Waals surface area contributed by atoms with Crippen LogP contribution in [0.3, 0.4) is 0 Å². The number of nitrogens with zero attached hydrogens (tertiary/aromatic N) is 1. The van der Waals surface area contributed by atoms with Crippen molar-refractivity contribution in [3.05, 3.63) is 64.3 Å². The Morgan fingerprint density at radius 1 is 1.00 bits per heavy atom. The van der Waals surface area contributed by atoms with Crippen molar-refractivity contribution in [2.75, 3.05) is 19.1 Å². The summed E-state index contributed by atoms with van der Waals surface area (Å²) in [5, 5.41) is 0.600. The first-order chi connectivity index (χ1) is 14.7. The van der Waals surface area contributed by atoms with Crippen LogP contribution < -0.4 is 14.4 Å². The molecular weight excluding hydrogens is 414 g/mol. The van der Waals surface area contributed by atoms with Crippen LogP contribution in [0.25, 0.3) is 0 Å². The summed E-state index contributed by atoms with van der Waals surface area (Å²) < 4.78 is 10.9. The van der Waals surface area contributed by atoms with Gasteiger partial charge in [0.1, 0.15) is 11.5 Å². The molecule has 0 radical (unpaired) electrons. The van der Waals surface area contributed by atoms with Gasteiger partial charge in [-0.2, -0.15) is 0 Å². The fourth-order valence-electron chi connectivity index (χ4n) is 4.68. The van der Waals surface area contributed by atoms with Gasteiger partial charge in [-0.1, -0.05) is 31.5 Å². The molecule has 1 heterocycles. The van der Waals surface area contributed by atoms with E-state index in [4.69, 9.17) is 21.1 Å². The lowest BCUT2D eigenvalue weighted by atomic mass is 9.69. The molecule has 6 heteroatoms. The van der Waals surface area contributed by atoms with Gasteiger partial charge in [-0.15, -0.1) is 0 Å². The molecule has 0 saturated heterocycles. The third kappa shape index (κ3) is 3.94. The van der Waals surface area contributed by atoms with Crippen LogP contribution >= 0.6 is 11.6 Å². The second kappa shape index (κ2) is 8.04. The third-order valence-electron chi connectivity index (χ3n) is 6.04. The first-order valence-electron chi connectivity index (χ1n) is 10.3. The number of benzene rings is 2. The number of ketones is 1. The highest BCUT2D eigenvalue weighted by molar-refractivity contribution is 6.30. The van der Waals surface area contributed by atoms with Crippen molar-refractivity contribution in [3.8, 4) is 11.5 Å². The zero-order chi connectivity index (χ0) is 22.3. The van der Waals surface area contributed by atoms with Crippen LogP contribution in [0, 0.1) is 5.41 Å². The second-order valence-corrected chi connectivity index (χ2v) is 9.31. The first-order valence-corrected chi connectivity index (χ1v) is 10.7. The smallest absolute Gasteiger partial charge is 0.232 e. The standard InChI is InChI=1S/C25H26ClNO4/c1-25(2)13-20-24(21(28)14-25)19(18-10-9-17(30-3)11-22(18)31-4)12-23(29)27(20)16-7-5-15(26)6-8-16/h5-11,19H,12-14H2,1-4H3/t19-/m0/s1. The first kappa shape index (κ1) is 21.4. The van der Waals surface area contributed by atoms with Crippen molar-refractivity contribution < 1.29 is 19.1 Å². The molecule has 0 unspecified atom stereocenters. The van der Waals surface area contributed by atoms with Crippen LogP contribution in [-0.2, 0) is 9.59 Å².